The second-order valence-electron chi connectivity index (χ2n) is 5.34. The highest BCUT2D eigenvalue weighted by Crippen LogP contribution is 2.27. The van der Waals surface area contributed by atoms with Crippen LogP contribution >= 0.6 is 0 Å². The molecule has 1 fully saturated rings. The smallest absolute Gasteiger partial charge is 0.122 e. The van der Waals surface area contributed by atoms with Crippen LogP contribution in [0.15, 0.2) is 48.5 Å². The third kappa shape index (κ3) is 2.94. The van der Waals surface area contributed by atoms with Gasteiger partial charge in [-0.3, -0.25) is 0 Å². The van der Waals surface area contributed by atoms with Crippen molar-refractivity contribution >= 4 is 5.69 Å². The molecule has 1 aliphatic rings. The van der Waals surface area contributed by atoms with E-state index in [9.17, 15) is 5.11 Å². The fraction of sp³-hybridized carbons (Fsp3) is 0.294. The Morgan fingerprint density at radius 3 is 2.60 bits per heavy atom. The van der Waals surface area contributed by atoms with E-state index in [0.29, 0.717) is 19.7 Å². The molecule has 0 saturated carbocycles. The molecular formula is C17H19NO2. The van der Waals surface area contributed by atoms with Crippen LogP contribution in [0.25, 0.3) is 0 Å². The zero-order valence-electron chi connectivity index (χ0n) is 11.6. The number of ether oxygens (including phenoxy) is 1. The number of hydrogen-bond acceptors (Lipinski definition) is 3. The molecule has 0 amide bonds. The lowest BCUT2D eigenvalue weighted by atomic mass is 10.1. The molecule has 3 nitrogen and oxygen atoms in total. The van der Waals surface area contributed by atoms with E-state index in [0.717, 1.165) is 17.0 Å². The van der Waals surface area contributed by atoms with E-state index in [1.54, 1.807) is 0 Å². The molecule has 2 aromatic rings. The molecule has 0 spiro atoms. The molecule has 1 aliphatic heterocycles. The maximum atomic E-state index is 9.40. The zero-order chi connectivity index (χ0) is 13.9. The summed E-state index contributed by atoms with van der Waals surface area (Å²) in [6, 6.07) is 16.4. The van der Waals surface area contributed by atoms with Crippen LogP contribution in [-0.4, -0.2) is 24.3 Å². The Morgan fingerprint density at radius 1 is 1.15 bits per heavy atom. The van der Waals surface area contributed by atoms with Gasteiger partial charge in [0.15, 0.2) is 0 Å². The molecule has 1 heterocycles. The van der Waals surface area contributed by atoms with E-state index in [-0.39, 0.29) is 6.10 Å². The number of hydrogen-bond donors (Lipinski definition) is 1. The molecule has 0 aromatic heterocycles. The standard InChI is InChI=1S/C17H19NO2/c1-13-7-15(18-10-16(19)11-18)9-17(8-13)20-12-14-5-3-2-4-6-14/h2-9,16,19H,10-12H2,1H3. The molecule has 1 saturated heterocycles. The molecule has 0 atom stereocenters. The molecule has 0 radical (unpaired) electrons. The number of nitrogens with zero attached hydrogens (tertiary/aromatic N) is 1. The molecule has 3 rings (SSSR count). The Bertz CT molecular complexity index is 577. The van der Waals surface area contributed by atoms with Gasteiger partial charge in [-0.05, 0) is 30.2 Å². The average molecular weight is 269 g/mol. The minimum atomic E-state index is -0.191. The SMILES string of the molecule is Cc1cc(OCc2ccccc2)cc(N2CC(O)C2)c1. The van der Waals surface area contributed by atoms with Crippen molar-refractivity contribution in [3.05, 3.63) is 59.7 Å². The largest absolute Gasteiger partial charge is 0.489 e. The summed E-state index contributed by atoms with van der Waals surface area (Å²) >= 11 is 0. The van der Waals surface area contributed by atoms with Crippen LogP contribution in [0.2, 0.25) is 0 Å². The van der Waals surface area contributed by atoms with Crippen molar-refractivity contribution in [3.8, 4) is 5.75 Å². The van der Waals surface area contributed by atoms with Crippen molar-refractivity contribution in [1.82, 2.24) is 0 Å². The Morgan fingerprint density at radius 2 is 1.90 bits per heavy atom. The van der Waals surface area contributed by atoms with E-state index in [4.69, 9.17) is 4.74 Å². The van der Waals surface area contributed by atoms with Crippen LogP contribution < -0.4 is 9.64 Å². The minimum absolute atomic E-state index is 0.191. The quantitative estimate of drug-likeness (QED) is 0.926. The van der Waals surface area contributed by atoms with Gasteiger partial charge in [-0.25, -0.2) is 0 Å². The van der Waals surface area contributed by atoms with Crippen molar-refractivity contribution in [2.75, 3.05) is 18.0 Å². The van der Waals surface area contributed by atoms with E-state index >= 15 is 0 Å². The molecule has 1 N–H and O–H groups in total. The number of β-amino-alcohol motifs (C(OH)–C–C–N with tert-alkyl or cyclic N) is 1. The first-order chi connectivity index (χ1) is 9.70. The maximum absolute atomic E-state index is 9.40. The van der Waals surface area contributed by atoms with Gasteiger partial charge in [0.05, 0.1) is 6.10 Å². The number of anilines is 1. The molecule has 0 aliphatic carbocycles. The van der Waals surface area contributed by atoms with Crippen molar-refractivity contribution in [2.24, 2.45) is 0 Å². The lowest BCUT2D eigenvalue weighted by Gasteiger charge is -2.38. The molecule has 104 valence electrons. The third-order valence-electron chi connectivity index (χ3n) is 3.51. The average Bonchev–Trinajstić information content (AvgIpc) is 2.42. The van der Waals surface area contributed by atoms with Crippen LogP contribution in [-0.2, 0) is 6.61 Å². The van der Waals surface area contributed by atoms with Gasteiger partial charge in [-0.15, -0.1) is 0 Å². The van der Waals surface area contributed by atoms with Crippen LogP contribution in [0, 0.1) is 6.92 Å². The van der Waals surface area contributed by atoms with Gasteiger partial charge < -0.3 is 14.7 Å². The summed E-state index contributed by atoms with van der Waals surface area (Å²) < 4.78 is 5.87. The summed E-state index contributed by atoms with van der Waals surface area (Å²) in [5.41, 5.74) is 3.46. The van der Waals surface area contributed by atoms with Crippen molar-refractivity contribution < 1.29 is 9.84 Å². The Balaban J connectivity index is 1.70. The van der Waals surface area contributed by atoms with Crippen LogP contribution in [0.5, 0.6) is 5.75 Å². The van der Waals surface area contributed by atoms with E-state index < -0.39 is 0 Å². The Hall–Kier alpha value is -2.00. The van der Waals surface area contributed by atoms with Crippen LogP contribution in [0.3, 0.4) is 0 Å². The van der Waals surface area contributed by atoms with Gasteiger partial charge in [-0.1, -0.05) is 30.3 Å². The summed E-state index contributed by atoms with van der Waals surface area (Å²) in [4.78, 5) is 2.16. The third-order valence-corrected chi connectivity index (χ3v) is 3.51. The van der Waals surface area contributed by atoms with Gasteiger partial charge in [0, 0.05) is 24.8 Å². The summed E-state index contributed by atoms with van der Waals surface area (Å²) in [7, 11) is 0. The number of aryl methyl sites for hydroxylation is 1. The summed E-state index contributed by atoms with van der Waals surface area (Å²) in [6.07, 6.45) is -0.191. The normalized spacial score (nSPS) is 15.0. The predicted octanol–water partition coefficient (Wildman–Crippen LogP) is 2.75. The van der Waals surface area contributed by atoms with Gasteiger partial charge in [-0.2, -0.15) is 0 Å². The number of benzene rings is 2. The first-order valence-corrected chi connectivity index (χ1v) is 6.92. The fourth-order valence-electron chi connectivity index (χ4n) is 2.40. The highest BCUT2D eigenvalue weighted by Gasteiger charge is 2.24. The van der Waals surface area contributed by atoms with Gasteiger partial charge >= 0.3 is 0 Å². The second-order valence-corrected chi connectivity index (χ2v) is 5.34. The molecular weight excluding hydrogens is 250 g/mol. The maximum Gasteiger partial charge on any atom is 0.122 e. The van der Waals surface area contributed by atoms with Crippen LogP contribution in [0.1, 0.15) is 11.1 Å². The lowest BCUT2D eigenvalue weighted by molar-refractivity contribution is 0.142. The highest BCUT2D eigenvalue weighted by atomic mass is 16.5. The van der Waals surface area contributed by atoms with Crippen molar-refractivity contribution in [2.45, 2.75) is 19.6 Å². The first-order valence-electron chi connectivity index (χ1n) is 6.92. The Kier molecular flexibility index (Phi) is 3.61. The molecule has 3 heteroatoms. The molecule has 2 aromatic carbocycles. The topological polar surface area (TPSA) is 32.7 Å². The van der Waals surface area contributed by atoms with Crippen molar-refractivity contribution in [1.29, 1.82) is 0 Å². The van der Waals surface area contributed by atoms with E-state index in [1.165, 1.54) is 5.56 Å². The fourth-order valence-corrected chi connectivity index (χ4v) is 2.40. The van der Waals surface area contributed by atoms with Crippen molar-refractivity contribution in [3.63, 3.8) is 0 Å². The van der Waals surface area contributed by atoms with E-state index in [2.05, 4.69) is 30.0 Å². The summed E-state index contributed by atoms with van der Waals surface area (Å²) in [5, 5.41) is 9.40. The predicted molar refractivity (Wildman–Crippen MR) is 80.2 cm³/mol. The summed E-state index contributed by atoms with van der Waals surface area (Å²) in [6.45, 7) is 4.06. The first kappa shape index (κ1) is 13.0. The highest BCUT2D eigenvalue weighted by molar-refractivity contribution is 5.55. The van der Waals surface area contributed by atoms with Gasteiger partial charge in [0.25, 0.3) is 0 Å². The zero-order valence-corrected chi connectivity index (χ0v) is 11.6. The second kappa shape index (κ2) is 5.55. The van der Waals surface area contributed by atoms with E-state index in [1.807, 2.05) is 30.3 Å². The molecule has 0 bridgehead atoms. The van der Waals surface area contributed by atoms with Crippen LogP contribution in [0.4, 0.5) is 5.69 Å². The van der Waals surface area contributed by atoms with Gasteiger partial charge in [0.2, 0.25) is 0 Å². The Labute approximate surface area is 119 Å². The summed E-state index contributed by atoms with van der Waals surface area (Å²) in [5.74, 6) is 0.880. The minimum Gasteiger partial charge on any atom is -0.489 e. The molecule has 20 heavy (non-hydrogen) atoms. The number of aliphatic hydroxyl groups excluding tert-OH is 1. The monoisotopic (exact) mass is 269 g/mol. The van der Waals surface area contributed by atoms with Gasteiger partial charge in [0.1, 0.15) is 12.4 Å². The lowest BCUT2D eigenvalue weighted by Crippen LogP contribution is -2.50. The number of aliphatic hydroxyl groups is 1. The molecule has 0 unspecified atom stereocenters. The number of rotatable bonds is 4.